The van der Waals surface area contributed by atoms with E-state index in [4.69, 9.17) is 0 Å². The predicted octanol–water partition coefficient (Wildman–Crippen LogP) is 3.75. The van der Waals surface area contributed by atoms with Crippen LogP contribution in [0.5, 0.6) is 0 Å². The van der Waals surface area contributed by atoms with Gasteiger partial charge in [0.1, 0.15) is 0 Å². The number of nitrogens with zero attached hydrogens (tertiary/aromatic N) is 2. The first kappa shape index (κ1) is 16.3. The number of hydrogen-bond acceptors (Lipinski definition) is 4. The summed E-state index contributed by atoms with van der Waals surface area (Å²) in [6, 6.07) is 10.3. The highest BCUT2D eigenvalue weighted by atomic mass is 16.1. The highest BCUT2D eigenvalue weighted by Crippen LogP contribution is 2.25. The van der Waals surface area contributed by atoms with Crippen molar-refractivity contribution in [3.05, 3.63) is 48.3 Å². The zero-order chi connectivity index (χ0) is 16.9. The van der Waals surface area contributed by atoms with Crippen molar-refractivity contribution in [2.45, 2.75) is 32.7 Å². The summed E-state index contributed by atoms with van der Waals surface area (Å²) >= 11 is 0. The van der Waals surface area contributed by atoms with Crippen molar-refractivity contribution in [3.63, 3.8) is 0 Å². The van der Waals surface area contributed by atoms with Crippen molar-refractivity contribution in [1.29, 1.82) is 0 Å². The minimum absolute atomic E-state index is 0.141. The Morgan fingerprint density at radius 3 is 2.46 bits per heavy atom. The normalized spacial score (nSPS) is 13.4. The van der Waals surface area contributed by atoms with Crippen LogP contribution in [0.25, 0.3) is 0 Å². The Morgan fingerprint density at radius 1 is 1.12 bits per heavy atom. The number of rotatable bonds is 7. The average molecular weight is 324 g/mol. The largest absolute Gasteiger partial charge is 0.381 e. The number of benzene rings is 1. The van der Waals surface area contributed by atoms with Gasteiger partial charge in [-0.25, -0.2) is 0 Å². The number of amides is 1. The quantitative estimate of drug-likeness (QED) is 0.814. The van der Waals surface area contributed by atoms with E-state index in [1.807, 2.05) is 30.3 Å². The molecule has 1 aromatic heterocycles. The molecule has 24 heavy (non-hydrogen) atoms. The van der Waals surface area contributed by atoms with E-state index in [0.717, 1.165) is 30.2 Å². The Balaban J connectivity index is 1.65. The van der Waals surface area contributed by atoms with Crippen molar-refractivity contribution in [3.8, 4) is 0 Å². The van der Waals surface area contributed by atoms with Crippen LogP contribution in [-0.2, 0) is 0 Å². The first-order valence-electron chi connectivity index (χ1n) is 8.57. The molecule has 0 bridgehead atoms. The lowest BCUT2D eigenvalue weighted by Gasteiger charge is -2.21. The summed E-state index contributed by atoms with van der Waals surface area (Å²) < 4.78 is 0. The Labute approximate surface area is 143 Å². The van der Waals surface area contributed by atoms with Gasteiger partial charge in [-0.3, -0.25) is 9.78 Å². The Hall–Kier alpha value is -2.56. The fourth-order valence-corrected chi connectivity index (χ4v) is 2.65. The molecule has 0 atom stereocenters. The van der Waals surface area contributed by atoms with Gasteiger partial charge in [-0.05, 0) is 57.0 Å². The summed E-state index contributed by atoms with van der Waals surface area (Å²) in [5.74, 6) is -0.141. The van der Waals surface area contributed by atoms with Crippen molar-refractivity contribution in [2.24, 2.45) is 0 Å². The predicted molar refractivity (Wildman–Crippen MR) is 98.8 cm³/mol. The van der Waals surface area contributed by atoms with Crippen molar-refractivity contribution in [1.82, 2.24) is 4.98 Å². The molecule has 1 heterocycles. The molecule has 0 saturated heterocycles. The summed E-state index contributed by atoms with van der Waals surface area (Å²) in [4.78, 5) is 18.8. The maximum atomic E-state index is 12.4. The van der Waals surface area contributed by atoms with E-state index in [0.29, 0.717) is 11.6 Å². The van der Waals surface area contributed by atoms with Gasteiger partial charge in [0, 0.05) is 42.9 Å². The molecule has 5 heteroatoms. The minimum Gasteiger partial charge on any atom is -0.381 e. The van der Waals surface area contributed by atoms with E-state index in [-0.39, 0.29) is 5.91 Å². The lowest BCUT2D eigenvalue weighted by atomic mass is 10.2. The van der Waals surface area contributed by atoms with Crippen LogP contribution in [-0.4, -0.2) is 30.0 Å². The van der Waals surface area contributed by atoms with Crippen LogP contribution in [0.1, 0.15) is 37.0 Å². The molecular weight excluding hydrogens is 300 g/mol. The molecule has 2 aromatic rings. The zero-order valence-electron chi connectivity index (χ0n) is 14.2. The van der Waals surface area contributed by atoms with Gasteiger partial charge in [0.05, 0.1) is 11.3 Å². The van der Waals surface area contributed by atoms with E-state index in [2.05, 4.69) is 34.4 Å². The highest BCUT2D eigenvalue weighted by Gasteiger charge is 2.21. The van der Waals surface area contributed by atoms with Gasteiger partial charge in [0.25, 0.3) is 5.91 Å². The number of carbonyl (C=O) groups is 1. The maximum Gasteiger partial charge on any atom is 0.257 e. The molecule has 0 unspecified atom stereocenters. The number of carbonyl (C=O) groups excluding carboxylic acids is 1. The molecule has 0 aliphatic heterocycles. The first-order valence-corrected chi connectivity index (χ1v) is 8.57. The molecule has 0 radical (unpaired) electrons. The molecule has 1 fully saturated rings. The van der Waals surface area contributed by atoms with Crippen LogP contribution in [0.3, 0.4) is 0 Å². The standard InChI is InChI=1S/C19H24N4O/c1-3-23(4-2)18-9-7-16(8-10-18)22-19(24)14-11-17(13-20-12-14)21-15-5-6-15/h7-13,15,21H,3-6H2,1-2H3,(H,22,24). The molecule has 1 aromatic carbocycles. The van der Waals surface area contributed by atoms with Gasteiger partial charge in [-0.2, -0.15) is 0 Å². The summed E-state index contributed by atoms with van der Waals surface area (Å²) in [7, 11) is 0. The van der Waals surface area contributed by atoms with Gasteiger partial charge in [-0.1, -0.05) is 0 Å². The lowest BCUT2D eigenvalue weighted by molar-refractivity contribution is 0.102. The summed E-state index contributed by atoms with van der Waals surface area (Å²) in [5, 5.41) is 6.29. The molecular formula is C19H24N4O. The number of pyridine rings is 1. The van der Waals surface area contributed by atoms with Gasteiger partial charge >= 0.3 is 0 Å². The minimum atomic E-state index is -0.141. The summed E-state index contributed by atoms with van der Waals surface area (Å²) in [6.07, 6.45) is 5.73. The second-order valence-electron chi connectivity index (χ2n) is 6.05. The Kier molecular flexibility index (Phi) is 4.99. The molecule has 2 N–H and O–H groups in total. The number of anilines is 3. The maximum absolute atomic E-state index is 12.4. The second kappa shape index (κ2) is 7.34. The third kappa shape index (κ3) is 4.04. The number of aromatic nitrogens is 1. The van der Waals surface area contributed by atoms with Crippen LogP contribution in [0.15, 0.2) is 42.7 Å². The SMILES string of the molecule is CCN(CC)c1ccc(NC(=O)c2cncc(NC3CC3)c2)cc1. The summed E-state index contributed by atoms with van der Waals surface area (Å²) in [5.41, 5.74) is 3.42. The molecule has 126 valence electrons. The van der Waals surface area contributed by atoms with Gasteiger partial charge in [-0.15, -0.1) is 0 Å². The van der Waals surface area contributed by atoms with E-state index in [9.17, 15) is 4.79 Å². The van der Waals surface area contributed by atoms with Gasteiger partial charge in [0.2, 0.25) is 0 Å². The molecule has 1 saturated carbocycles. The van der Waals surface area contributed by atoms with Crippen LogP contribution >= 0.6 is 0 Å². The van der Waals surface area contributed by atoms with Crippen LogP contribution in [0.2, 0.25) is 0 Å². The van der Waals surface area contributed by atoms with E-state index < -0.39 is 0 Å². The van der Waals surface area contributed by atoms with Crippen LogP contribution in [0.4, 0.5) is 17.1 Å². The van der Waals surface area contributed by atoms with Gasteiger partial charge < -0.3 is 15.5 Å². The fraction of sp³-hybridized carbons (Fsp3) is 0.368. The highest BCUT2D eigenvalue weighted by molar-refractivity contribution is 6.04. The first-order chi connectivity index (χ1) is 11.7. The molecule has 3 rings (SSSR count). The monoisotopic (exact) mass is 324 g/mol. The van der Waals surface area contributed by atoms with Crippen molar-refractivity contribution >= 4 is 23.0 Å². The third-order valence-corrected chi connectivity index (χ3v) is 4.20. The molecule has 0 spiro atoms. The smallest absolute Gasteiger partial charge is 0.257 e. The van der Waals surface area contributed by atoms with Crippen molar-refractivity contribution in [2.75, 3.05) is 28.6 Å². The molecule has 1 amide bonds. The Bertz CT molecular complexity index is 691. The average Bonchev–Trinajstić information content (AvgIpc) is 3.41. The molecule has 5 nitrogen and oxygen atoms in total. The lowest BCUT2D eigenvalue weighted by Crippen LogP contribution is -2.21. The third-order valence-electron chi connectivity index (χ3n) is 4.20. The summed E-state index contributed by atoms with van der Waals surface area (Å²) in [6.45, 7) is 6.20. The zero-order valence-corrected chi connectivity index (χ0v) is 14.2. The van der Waals surface area contributed by atoms with Gasteiger partial charge in [0.15, 0.2) is 0 Å². The van der Waals surface area contributed by atoms with E-state index in [1.54, 1.807) is 12.4 Å². The Morgan fingerprint density at radius 2 is 1.83 bits per heavy atom. The fourth-order valence-electron chi connectivity index (χ4n) is 2.65. The molecule has 1 aliphatic carbocycles. The van der Waals surface area contributed by atoms with E-state index in [1.165, 1.54) is 12.8 Å². The second-order valence-corrected chi connectivity index (χ2v) is 6.05. The topological polar surface area (TPSA) is 57.3 Å². The van der Waals surface area contributed by atoms with E-state index >= 15 is 0 Å². The van der Waals surface area contributed by atoms with Crippen LogP contribution < -0.4 is 15.5 Å². The van der Waals surface area contributed by atoms with Crippen molar-refractivity contribution < 1.29 is 4.79 Å². The number of hydrogen-bond donors (Lipinski definition) is 2. The molecule has 1 aliphatic rings. The van der Waals surface area contributed by atoms with Crippen LogP contribution in [0, 0.1) is 0 Å². The number of nitrogens with one attached hydrogen (secondary N) is 2.